The summed E-state index contributed by atoms with van der Waals surface area (Å²) in [6.45, 7) is 0. The first-order valence-electron chi connectivity index (χ1n) is 2.18. The molecule has 0 spiro atoms. The maximum Gasteiger partial charge on any atom is 0.321 e. The van der Waals surface area contributed by atoms with E-state index >= 15 is 0 Å². The molecule has 5 nitrogen and oxygen atoms in total. The minimum absolute atomic E-state index is 0.190. The number of carbonyl (C=O) groups is 1. The predicted molar refractivity (Wildman–Crippen MR) is 41.6 cm³/mol. The Kier molecular flexibility index (Phi) is 10.8. The molecule has 0 amide bonds. The zero-order chi connectivity index (χ0) is 8.57. The van der Waals surface area contributed by atoms with Gasteiger partial charge in [0.15, 0.2) is 0 Å². The number of carboxylic acids is 1. The number of carboxylic acid groups (broad SMARTS) is 1. The molecule has 0 fully saturated rings. The molecule has 0 aliphatic heterocycles. The van der Waals surface area contributed by atoms with Gasteiger partial charge in [0.25, 0.3) is 0 Å². The third kappa shape index (κ3) is 10.7. The summed E-state index contributed by atoms with van der Waals surface area (Å²) in [5.41, 5.74) is 4.94. The molecule has 0 radical (unpaired) electrons. The van der Waals surface area contributed by atoms with Crippen molar-refractivity contribution in [3.63, 3.8) is 0 Å². The normalized spacial score (nSPS) is 11.0. The van der Waals surface area contributed by atoms with Gasteiger partial charge in [-0.05, 0) is 0 Å². The Labute approximate surface area is 67.1 Å². The first-order chi connectivity index (χ1) is 4.59. The minimum atomic E-state index is -1.00. The van der Waals surface area contributed by atoms with Gasteiger partial charge in [0.05, 0.1) is 0 Å². The fourth-order valence-corrected chi connectivity index (χ4v) is 0.234. The second kappa shape index (κ2) is 8.73. The summed E-state index contributed by atoms with van der Waals surface area (Å²) in [6.07, 6.45) is 0. The second-order valence-corrected chi connectivity index (χ2v) is 1.77. The molecule has 0 aliphatic carbocycles. The lowest BCUT2D eigenvalue weighted by Gasteiger charge is -1.96. The zero-order valence-corrected chi connectivity index (χ0v) is 6.81. The average molecular weight is 185 g/mol. The highest BCUT2D eigenvalue weighted by Gasteiger charge is 2.06. The average Bonchev–Trinajstić information content (AvgIpc) is 1.88. The van der Waals surface area contributed by atoms with E-state index in [1.807, 2.05) is 0 Å². The molecule has 0 rings (SSSR count). The van der Waals surface area contributed by atoms with Crippen LogP contribution >= 0.6 is 12.6 Å². The minimum Gasteiger partial charge on any atom is -0.480 e. The summed E-state index contributed by atoms with van der Waals surface area (Å²) in [6, 6.07) is -0.816. The molecule has 4 N–H and O–H groups in total. The van der Waals surface area contributed by atoms with Crippen molar-refractivity contribution >= 4 is 30.1 Å². The van der Waals surface area contributed by atoms with E-state index in [-0.39, 0.29) is 5.75 Å². The Morgan fingerprint density at radius 2 is 2.20 bits per heavy atom. The predicted octanol–water partition coefficient (Wildman–Crippen LogP) is -0.763. The standard InChI is InChI=1S/C3H7NO2S.H2NOS/c4-2(1-7)3(5)6;1-3-2/h2,7H,1,4H2,(H,5,6);1,3H/q;-1. The molecule has 7 heteroatoms. The summed E-state index contributed by atoms with van der Waals surface area (Å²) in [4.78, 5) is 9.76. The van der Waals surface area contributed by atoms with Crippen LogP contribution in [0.1, 0.15) is 0 Å². The Balaban J connectivity index is 0. The highest BCUT2D eigenvalue weighted by molar-refractivity contribution is 7.80. The van der Waals surface area contributed by atoms with E-state index in [1.54, 1.807) is 0 Å². The fourth-order valence-electron chi connectivity index (χ4n) is 0.0781. The zero-order valence-electron chi connectivity index (χ0n) is 5.02. The van der Waals surface area contributed by atoms with Gasteiger partial charge in [-0.2, -0.15) is 12.6 Å². The molecule has 0 heterocycles. The van der Waals surface area contributed by atoms with Crippen LogP contribution in [-0.2, 0) is 20.5 Å². The summed E-state index contributed by atoms with van der Waals surface area (Å²) in [5.74, 6) is -0.815. The molecule has 1 atom stereocenters. The lowest BCUT2D eigenvalue weighted by molar-refractivity contribution is -0.137. The molecular formula is C3H9N2O3S2-. The van der Waals surface area contributed by atoms with Gasteiger partial charge in [0.2, 0.25) is 0 Å². The Morgan fingerprint density at radius 3 is 2.20 bits per heavy atom. The van der Waals surface area contributed by atoms with Crippen LogP contribution in [0, 0.1) is 4.78 Å². The molecule has 0 aliphatic rings. The number of thiol groups is 2. The summed E-state index contributed by atoms with van der Waals surface area (Å²) < 4.78 is 14.2. The van der Waals surface area contributed by atoms with E-state index in [1.165, 1.54) is 0 Å². The molecule has 0 aromatic carbocycles. The van der Waals surface area contributed by atoms with Crippen LogP contribution in [0.15, 0.2) is 0 Å². The number of aliphatic carboxylic acids is 1. The summed E-state index contributed by atoms with van der Waals surface area (Å²) >= 11 is 3.07. The highest BCUT2D eigenvalue weighted by atomic mass is 32.1. The van der Waals surface area contributed by atoms with Crippen molar-refractivity contribution < 1.29 is 14.1 Å². The molecule has 0 bridgehead atoms. The van der Waals surface area contributed by atoms with Crippen molar-refractivity contribution in [3.8, 4) is 0 Å². The Morgan fingerprint density at radius 1 is 1.90 bits per heavy atom. The topological polar surface area (TPSA) is 104 Å². The number of hydrogen-bond donors (Lipinski definition) is 4. The van der Waals surface area contributed by atoms with Gasteiger partial charge in [0.1, 0.15) is 6.04 Å². The van der Waals surface area contributed by atoms with E-state index < -0.39 is 23.5 Å². The maximum atomic E-state index is 9.76. The van der Waals surface area contributed by atoms with Crippen LogP contribution in [0.4, 0.5) is 0 Å². The van der Waals surface area contributed by atoms with Crippen molar-refractivity contribution in [2.75, 3.05) is 5.75 Å². The quantitative estimate of drug-likeness (QED) is 0.335. The summed E-state index contributed by atoms with van der Waals surface area (Å²) in [5, 5.41) is 8.01. The Hall–Kier alpha value is -0.270. The molecular weight excluding hydrogens is 176 g/mol. The molecule has 0 saturated carbocycles. The summed E-state index contributed by atoms with van der Waals surface area (Å²) in [7, 11) is 0. The third-order valence-electron chi connectivity index (χ3n) is 0.514. The smallest absolute Gasteiger partial charge is 0.321 e. The Bertz CT molecular complexity index is 134. The largest absolute Gasteiger partial charge is 0.480 e. The van der Waals surface area contributed by atoms with Gasteiger partial charge >= 0.3 is 5.97 Å². The van der Waals surface area contributed by atoms with Crippen LogP contribution in [0.2, 0.25) is 0 Å². The van der Waals surface area contributed by atoms with Crippen molar-refractivity contribution in [1.29, 1.82) is 4.78 Å². The van der Waals surface area contributed by atoms with E-state index in [0.29, 0.717) is 0 Å². The van der Waals surface area contributed by atoms with Crippen LogP contribution in [0.25, 0.3) is 0 Å². The monoisotopic (exact) mass is 185 g/mol. The van der Waals surface area contributed by atoms with Gasteiger partial charge < -0.3 is 19.8 Å². The first kappa shape index (κ1) is 12.4. The molecule has 0 aromatic heterocycles. The molecule has 1 unspecified atom stereocenters. The van der Waals surface area contributed by atoms with Gasteiger partial charge in [-0.15, -0.1) is 0 Å². The number of nitrogens with two attached hydrogens (primary N) is 1. The van der Waals surface area contributed by atoms with Crippen molar-refractivity contribution in [1.82, 2.24) is 0 Å². The molecule has 62 valence electrons. The van der Waals surface area contributed by atoms with E-state index in [9.17, 15) is 4.79 Å². The second-order valence-electron chi connectivity index (χ2n) is 1.22. The fraction of sp³-hybridized carbons (Fsp3) is 0.667. The van der Waals surface area contributed by atoms with Crippen LogP contribution in [0.3, 0.4) is 0 Å². The third-order valence-corrected chi connectivity index (χ3v) is 0.907. The van der Waals surface area contributed by atoms with Gasteiger partial charge in [-0.3, -0.25) is 4.79 Å². The molecule has 0 saturated heterocycles. The SMILES string of the molecule is N=[SH-]=O.NC(CS)C(=O)O. The van der Waals surface area contributed by atoms with E-state index in [0.717, 1.165) is 0 Å². The first-order valence-corrected chi connectivity index (χ1v) is 3.63. The van der Waals surface area contributed by atoms with Crippen molar-refractivity contribution in [2.24, 2.45) is 5.73 Å². The van der Waals surface area contributed by atoms with Crippen molar-refractivity contribution in [3.05, 3.63) is 0 Å². The molecule has 0 aromatic rings. The maximum absolute atomic E-state index is 9.76. The number of rotatable bonds is 2. The van der Waals surface area contributed by atoms with E-state index in [2.05, 4.69) is 12.6 Å². The lowest BCUT2D eigenvalue weighted by atomic mass is 10.4. The highest BCUT2D eigenvalue weighted by Crippen LogP contribution is 1.80. The van der Waals surface area contributed by atoms with Crippen LogP contribution in [-0.4, -0.2) is 22.9 Å². The van der Waals surface area contributed by atoms with Gasteiger partial charge in [-0.1, -0.05) is 0 Å². The molecule has 10 heavy (non-hydrogen) atoms. The number of hydrogen-bond acceptors (Lipinski definition) is 6. The van der Waals surface area contributed by atoms with Gasteiger partial charge in [0, 0.05) is 5.75 Å². The van der Waals surface area contributed by atoms with Crippen molar-refractivity contribution in [2.45, 2.75) is 6.04 Å². The number of nitrogens with one attached hydrogen (secondary N) is 1. The van der Waals surface area contributed by atoms with Gasteiger partial charge in [-0.25, -0.2) is 11.5 Å². The van der Waals surface area contributed by atoms with Crippen LogP contribution in [0.5, 0.6) is 0 Å². The van der Waals surface area contributed by atoms with E-state index in [4.69, 9.17) is 19.8 Å². The lowest BCUT2D eigenvalue weighted by Crippen LogP contribution is -2.31. The van der Waals surface area contributed by atoms with Crippen LogP contribution < -0.4 is 5.73 Å².